The van der Waals surface area contributed by atoms with Crippen LogP contribution in [0.3, 0.4) is 0 Å². The third-order valence-electron chi connectivity index (χ3n) is 7.25. The van der Waals surface area contributed by atoms with Gasteiger partial charge >= 0.3 is 6.09 Å². The summed E-state index contributed by atoms with van der Waals surface area (Å²) in [4.78, 5) is 59.8. The average Bonchev–Trinajstić information content (AvgIpc) is 3.12. The summed E-state index contributed by atoms with van der Waals surface area (Å²) in [5.74, 6) is -1.26. The molecule has 2 saturated heterocycles. The Morgan fingerprint density at radius 2 is 1.65 bits per heavy atom. The second-order valence-corrected chi connectivity index (χ2v) is 17.1. The summed E-state index contributed by atoms with van der Waals surface area (Å²) in [6.07, 6.45) is -0.719. The molecule has 1 N–H and O–H groups in total. The molecule has 0 unspecified atom stereocenters. The number of amides is 4. The van der Waals surface area contributed by atoms with Crippen molar-refractivity contribution in [3.63, 3.8) is 0 Å². The predicted molar refractivity (Wildman–Crippen MR) is 149 cm³/mol. The van der Waals surface area contributed by atoms with E-state index < -0.39 is 50.3 Å². The van der Waals surface area contributed by atoms with E-state index in [2.05, 4.69) is 25.0 Å². The van der Waals surface area contributed by atoms with E-state index in [1.165, 1.54) is 5.01 Å². The highest BCUT2D eigenvalue weighted by Gasteiger charge is 2.63. The van der Waals surface area contributed by atoms with Gasteiger partial charge in [0, 0.05) is 13.6 Å². The molecule has 0 saturated carbocycles. The normalized spacial score (nSPS) is 23.6. The number of carbonyl (C=O) groups excluding carboxylic acids is 4. The first-order valence-electron chi connectivity index (χ1n) is 13.4. The Morgan fingerprint density at radius 1 is 1.00 bits per heavy atom. The molecule has 210 valence electrons. The van der Waals surface area contributed by atoms with Gasteiger partial charge in [0.25, 0.3) is 11.8 Å². The number of hydrazine groups is 1. The van der Waals surface area contributed by atoms with Gasteiger partial charge in [-0.1, -0.05) is 68.2 Å². The van der Waals surface area contributed by atoms with Crippen molar-refractivity contribution in [3.05, 3.63) is 83.4 Å². The first-order valence-corrected chi connectivity index (χ1v) is 17.1. The van der Waals surface area contributed by atoms with Crippen LogP contribution in [-0.2, 0) is 25.6 Å². The van der Waals surface area contributed by atoms with E-state index in [1.54, 1.807) is 36.4 Å². The van der Waals surface area contributed by atoms with Crippen LogP contribution in [0.2, 0.25) is 25.7 Å². The third kappa shape index (κ3) is 5.39. The maximum absolute atomic E-state index is 13.6. The molecule has 4 atom stereocenters. The quantitative estimate of drug-likeness (QED) is 0.315. The summed E-state index contributed by atoms with van der Waals surface area (Å²) in [6.45, 7) is 8.54. The van der Waals surface area contributed by atoms with Crippen LogP contribution in [0.15, 0.2) is 72.3 Å². The van der Waals surface area contributed by atoms with Crippen molar-refractivity contribution in [3.8, 4) is 0 Å². The fourth-order valence-electron chi connectivity index (χ4n) is 5.08. The van der Waals surface area contributed by atoms with Gasteiger partial charge in [0.1, 0.15) is 18.2 Å². The van der Waals surface area contributed by atoms with Crippen molar-refractivity contribution in [1.29, 1.82) is 0 Å². The lowest BCUT2D eigenvalue weighted by Crippen LogP contribution is -2.78. The van der Waals surface area contributed by atoms with E-state index in [4.69, 9.17) is 9.57 Å². The Labute approximate surface area is 234 Å². The Morgan fingerprint density at radius 3 is 2.30 bits per heavy atom. The number of nitrogens with zero attached hydrogens (tertiary/aromatic N) is 3. The highest BCUT2D eigenvalue weighted by molar-refractivity contribution is 6.76. The largest absolute Gasteiger partial charge is 0.448 e. The molecule has 0 radical (unpaired) electrons. The maximum atomic E-state index is 13.6. The van der Waals surface area contributed by atoms with E-state index in [-0.39, 0.29) is 18.9 Å². The highest BCUT2D eigenvalue weighted by Crippen LogP contribution is 2.40. The number of fused-ring (bicyclic) bond motifs is 1. The SMILES string of the molecule is CC1=C[C@H]2N(C(=O)c3ccccc3)O[C@H]1[C@@H]1[C@@H](NC(=O)Cc3ccccc3)C(=O)N1N2C(=O)OCC[Si](C)(C)C. The van der Waals surface area contributed by atoms with Crippen molar-refractivity contribution in [2.45, 2.75) is 63.4 Å². The van der Waals surface area contributed by atoms with Gasteiger partial charge in [0.05, 0.1) is 13.0 Å². The molecular formula is C29H34N4O6Si. The van der Waals surface area contributed by atoms with E-state index in [9.17, 15) is 19.2 Å². The molecule has 2 aromatic carbocycles. The molecule has 6 rings (SSSR count). The van der Waals surface area contributed by atoms with E-state index in [0.29, 0.717) is 5.56 Å². The van der Waals surface area contributed by atoms with Gasteiger partial charge in [-0.05, 0) is 42.3 Å². The van der Waals surface area contributed by atoms with E-state index in [0.717, 1.165) is 27.3 Å². The molecule has 10 nitrogen and oxygen atoms in total. The number of hydroxylamine groups is 2. The zero-order valence-corrected chi connectivity index (χ0v) is 24.1. The number of hydrogen-bond donors (Lipinski definition) is 1. The molecule has 4 amide bonds. The van der Waals surface area contributed by atoms with Crippen LogP contribution in [0, 0.1) is 0 Å². The van der Waals surface area contributed by atoms with Crippen LogP contribution >= 0.6 is 0 Å². The predicted octanol–water partition coefficient (Wildman–Crippen LogP) is 3.36. The fourth-order valence-corrected chi connectivity index (χ4v) is 5.79. The minimum atomic E-state index is -1.50. The lowest BCUT2D eigenvalue weighted by molar-refractivity contribution is -0.185. The number of ether oxygens (including phenoxy) is 1. The van der Waals surface area contributed by atoms with Gasteiger partial charge in [0.2, 0.25) is 5.91 Å². The molecule has 0 spiro atoms. The molecule has 0 aromatic heterocycles. The average molecular weight is 563 g/mol. The van der Waals surface area contributed by atoms with Gasteiger partial charge in [-0.25, -0.2) is 9.80 Å². The highest BCUT2D eigenvalue weighted by atomic mass is 28.3. The van der Waals surface area contributed by atoms with Crippen LogP contribution < -0.4 is 5.32 Å². The van der Waals surface area contributed by atoms with Crippen LogP contribution in [0.5, 0.6) is 0 Å². The van der Waals surface area contributed by atoms with Crippen molar-refractivity contribution in [2.75, 3.05) is 6.61 Å². The molecule has 2 fully saturated rings. The number of nitrogens with one attached hydrogen (secondary N) is 1. The summed E-state index contributed by atoms with van der Waals surface area (Å²) in [7, 11) is -1.50. The van der Waals surface area contributed by atoms with Crippen LogP contribution in [0.1, 0.15) is 22.8 Å². The molecule has 4 heterocycles. The maximum Gasteiger partial charge on any atom is 0.431 e. The molecular weight excluding hydrogens is 528 g/mol. The molecule has 40 heavy (non-hydrogen) atoms. The van der Waals surface area contributed by atoms with E-state index in [1.807, 2.05) is 37.3 Å². The lowest BCUT2D eigenvalue weighted by Gasteiger charge is -2.50. The van der Waals surface area contributed by atoms with Crippen molar-refractivity contribution >= 4 is 31.9 Å². The number of rotatable bonds is 7. The lowest BCUT2D eigenvalue weighted by atomic mass is 9.88. The Hall–Kier alpha value is -3.96. The molecule has 2 aromatic rings. The second-order valence-electron chi connectivity index (χ2n) is 11.5. The zero-order chi connectivity index (χ0) is 28.6. The van der Waals surface area contributed by atoms with Crippen LogP contribution in [-0.4, -0.2) is 77.9 Å². The standard InChI is InChI=1S/C29H34N4O6Si/c1-19-17-23-31(29(37)38-15-16-40(2,3)4)32-25(26(19)39-33(23)27(35)21-13-9-6-10-14-21)24(28(32)36)30-22(34)18-20-11-7-5-8-12-20/h5-14,17,23-26H,15-16,18H2,1-4H3,(H,30,34)/t23-,24-,25+,26-/m1/s1. The minimum Gasteiger partial charge on any atom is -0.448 e. The smallest absolute Gasteiger partial charge is 0.431 e. The number of benzene rings is 2. The summed E-state index contributed by atoms with van der Waals surface area (Å²) in [5, 5.41) is 6.40. The Balaban J connectivity index is 1.44. The number of hydrogen-bond acceptors (Lipinski definition) is 6. The summed E-state index contributed by atoms with van der Waals surface area (Å²) in [6, 6.07) is 16.9. The molecule has 4 aliphatic heterocycles. The number of carbonyl (C=O) groups is 4. The first kappa shape index (κ1) is 27.6. The van der Waals surface area contributed by atoms with Gasteiger partial charge in [-0.15, -0.1) is 0 Å². The van der Waals surface area contributed by atoms with Gasteiger partial charge in [-0.3, -0.25) is 19.2 Å². The van der Waals surface area contributed by atoms with Crippen molar-refractivity contribution in [1.82, 2.24) is 20.4 Å². The number of β-lactam (4-membered cyclic amide) rings is 1. The summed E-state index contributed by atoms with van der Waals surface area (Å²) >= 11 is 0. The Bertz CT molecular complexity index is 1330. The fraction of sp³-hybridized carbons (Fsp3) is 0.379. The van der Waals surface area contributed by atoms with E-state index >= 15 is 0 Å². The van der Waals surface area contributed by atoms with Gasteiger partial charge in [-0.2, -0.15) is 10.1 Å². The summed E-state index contributed by atoms with van der Waals surface area (Å²) in [5.41, 5.74) is 1.92. The summed E-state index contributed by atoms with van der Waals surface area (Å²) < 4.78 is 5.65. The Kier molecular flexibility index (Phi) is 7.52. The zero-order valence-electron chi connectivity index (χ0n) is 23.1. The van der Waals surface area contributed by atoms with Crippen LogP contribution in [0.4, 0.5) is 4.79 Å². The van der Waals surface area contributed by atoms with Crippen LogP contribution in [0.25, 0.3) is 0 Å². The first-order chi connectivity index (χ1) is 19.0. The molecule has 0 aliphatic carbocycles. The van der Waals surface area contributed by atoms with Crippen molar-refractivity contribution < 1.29 is 28.8 Å². The topological polar surface area (TPSA) is 108 Å². The van der Waals surface area contributed by atoms with Crippen molar-refractivity contribution in [2.24, 2.45) is 0 Å². The molecule has 4 aliphatic rings. The minimum absolute atomic E-state index is 0.0986. The van der Waals surface area contributed by atoms with Gasteiger partial charge < -0.3 is 10.1 Å². The molecule has 2 bridgehead atoms. The monoisotopic (exact) mass is 562 g/mol. The second kappa shape index (κ2) is 10.9. The molecule has 11 heteroatoms. The third-order valence-corrected chi connectivity index (χ3v) is 8.95. The van der Waals surface area contributed by atoms with Gasteiger partial charge in [0.15, 0.2) is 6.17 Å².